The molecule has 2 nitrogen and oxygen atoms in total. The topological polar surface area (TPSA) is 26.3 Å². The summed E-state index contributed by atoms with van der Waals surface area (Å²) in [5, 5.41) is 2.24. The lowest BCUT2D eigenvalue weighted by atomic mass is 10.0. The Morgan fingerprint density at radius 2 is 1.75 bits per heavy atom. The van der Waals surface area contributed by atoms with Gasteiger partial charge >= 0.3 is 0 Å². The SMILES string of the molecule is O=C1c2cc3ccccc3cc2OC12CC2. The maximum Gasteiger partial charge on any atom is 0.210 e. The summed E-state index contributed by atoms with van der Waals surface area (Å²) in [5.41, 5.74) is 0.288. The fraction of sp³-hybridized carbons (Fsp3) is 0.214. The fourth-order valence-corrected chi connectivity index (χ4v) is 2.43. The highest BCUT2D eigenvalue weighted by Crippen LogP contribution is 2.50. The molecule has 78 valence electrons. The van der Waals surface area contributed by atoms with Gasteiger partial charge in [0.2, 0.25) is 5.78 Å². The molecule has 2 aliphatic rings. The summed E-state index contributed by atoms with van der Waals surface area (Å²) in [4.78, 5) is 12.1. The van der Waals surface area contributed by atoms with Crippen LogP contribution >= 0.6 is 0 Å². The van der Waals surface area contributed by atoms with Crippen molar-refractivity contribution in [1.29, 1.82) is 0 Å². The summed E-state index contributed by atoms with van der Waals surface area (Å²) in [5.74, 6) is 0.939. The summed E-state index contributed by atoms with van der Waals surface area (Å²) < 4.78 is 5.78. The quantitative estimate of drug-likeness (QED) is 0.668. The van der Waals surface area contributed by atoms with Crippen molar-refractivity contribution in [2.45, 2.75) is 18.4 Å². The Bertz CT molecular complexity index is 624. The number of hydrogen-bond donors (Lipinski definition) is 0. The van der Waals surface area contributed by atoms with E-state index in [0.717, 1.165) is 34.9 Å². The molecule has 1 heterocycles. The van der Waals surface area contributed by atoms with Gasteiger partial charge in [-0.25, -0.2) is 0 Å². The lowest BCUT2D eigenvalue weighted by Gasteiger charge is -2.04. The molecule has 1 fully saturated rings. The van der Waals surface area contributed by atoms with Gasteiger partial charge in [0.25, 0.3) is 0 Å². The standard InChI is InChI=1S/C14H10O2/c15-13-11-7-9-3-1-2-4-10(9)8-12(11)16-14(13)5-6-14/h1-4,7-8H,5-6H2. The minimum Gasteiger partial charge on any atom is -0.478 e. The van der Waals surface area contributed by atoms with Gasteiger partial charge in [0, 0.05) is 0 Å². The zero-order chi connectivity index (χ0) is 10.8. The van der Waals surface area contributed by atoms with E-state index in [1.54, 1.807) is 0 Å². The molecule has 0 aromatic heterocycles. The molecule has 2 heteroatoms. The number of carbonyl (C=O) groups excluding carboxylic acids is 1. The van der Waals surface area contributed by atoms with E-state index >= 15 is 0 Å². The average molecular weight is 210 g/mol. The fourth-order valence-electron chi connectivity index (χ4n) is 2.43. The van der Waals surface area contributed by atoms with E-state index in [9.17, 15) is 4.79 Å². The monoisotopic (exact) mass is 210 g/mol. The molecule has 4 rings (SSSR count). The molecule has 0 radical (unpaired) electrons. The third-order valence-corrected chi connectivity index (χ3v) is 3.52. The summed E-state index contributed by atoms with van der Waals surface area (Å²) in [7, 11) is 0. The van der Waals surface area contributed by atoms with Crippen LogP contribution in [0.5, 0.6) is 5.75 Å². The van der Waals surface area contributed by atoms with Gasteiger partial charge in [-0.05, 0) is 35.7 Å². The van der Waals surface area contributed by atoms with Gasteiger partial charge in [0.15, 0.2) is 5.60 Å². The second kappa shape index (κ2) is 2.46. The number of hydrogen-bond acceptors (Lipinski definition) is 2. The molecule has 0 unspecified atom stereocenters. The molecular formula is C14H10O2. The Labute approximate surface area is 92.8 Å². The highest BCUT2D eigenvalue weighted by molar-refractivity contribution is 6.11. The van der Waals surface area contributed by atoms with Crippen molar-refractivity contribution in [3.8, 4) is 5.75 Å². The molecule has 1 spiro atoms. The van der Waals surface area contributed by atoms with Crippen molar-refractivity contribution >= 4 is 16.6 Å². The lowest BCUT2D eigenvalue weighted by Crippen LogP contribution is -2.21. The summed E-state index contributed by atoms with van der Waals surface area (Å²) in [6.45, 7) is 0. The zero-order valence-corrected chi connectivity index (χ0v) is 8.69. The van der Waals surface area contributed by atoms with E-state index in [2.05, 4.69) is 0 Å². The predicted molar refractivity (Wildman–Crippen MR) is 60.9 cm³/mol. The molecule has 2 aromatic carbocycles. The number of benzene rings is 2. The molecule has 2 aromatic rings. The maximum absolute atomic E-state index is 12.1. The third kappa shape index (κ3) is 0.896. The molecule has 1 aliphatic heterocycles. The van der Waals surface area contributed by atoms with E-state index in [1.165, 1.54) is 0 Å². The Morgan fingerprint density at radius 3 is 2.44 bits per heavy atom. The molecule has 1 saturated carbocycles. The Morgan fingerprint density at radius 1 is 1.06 bits per heavy atom. The second-order valence-corrected chi connectivity index (χ2v) is 4.62. The predicted octanol–water partition coefficient (Wildman–Crippen LogP) is 2.95. The van der Waals surface area contributed by atoms with Gasteiger partial charge in [-0.15, -0.1) is 0 Å². The van der Waals surface area contributed by atoms with Gasteiger partial charge in [-0.3, -0.25) is 4.79 Å². The van der Waals surface area contributed by atoms with Crippen molar-refractivity contribution in [2.75, 3.05) is 0 Å². The number of carbonyl (C=O) groups is 1. The van der Waals surface area contributed by atoms with E-state index in [1.807, 2.05) is 36.4 Å². The van der Waals surface area contributed by atoms with Gasteiger partial charge < -0.3 is 4.74 Å². The van der Waals surface area contributed by atoms with Crippen LogP contribution in [0.1, 0.15) is 23.2 Å². The van der Waals surface area contributed by atoms with E-state index < -0.39 is 5.60 Å². The summed E-state index contributed by atoms with van der Waals surface area (Å²) in [6, 6.07) is 12.0. The van der Waals surface area contributed by atoms with E-state index in [0.29, 0.717) is 0 Å². The molecular weight excluding hydrogens is 200 g/mol. The van der Waals surface area contributed by atoms with E-state index in [-0.39, 0.29) is 5.78 Å². The van der Waals surface area contributed by atoms with Crippen molar-refractivity contribution < 1.29 is 9.53 Å². The lowest BCUT2D eigenvalue weighted by molar-refractivity contribution is 0.0820. The van der Waals surface area contributed by atoms with Crippen LogP contribution in [0.2, 0.25) is 0 Å². The maximum atomic E-state index is 12.1. The first-order valence-electron chi connectivity index (χ1n) is 5.55. The highest BCUT2D eigenvalue weighted by Gasteiger charge is 2.57. The van der Waals surface area contributed by atoms with Gasteiger partial charge in [-0.2, -0.15) is 0 Å². The first-order valence-corrected chi connectivity index (χ1v) is 5.55. The first-order chi connectivity index (χ1) is 7.78. The zero-order valence-electron chi connectivity index (χ0n) is 8.69. The van der Waals surface area contributed by atoms with E-state index in [4.69, 9.17) is 4.74 Å². The summed E-state index contributed by atoms with van der Waals surface area (Å²) >= 11 is 0. The largest absolute Gasteiger partial charge is 0.478 e. The van der Waals surface area contributed by atoms with Crippen molar-refractivity contribution in [1.82, 2.24) is 0 Å². The number of fused-ring (bicyclic) bond motifs is 2. The molecule has 0 bridgehead atoms. The van der Waals surface area contributed by atoms with Crippen molar-refractivity contribution in [3.05, 3.63) is 42.0 Å². The Balaban J connectivity index is 2.02. The average Bonchev–Trinajstić information content (AvgIpc) is 3.03. The highest BCUT2D eigenvalue weighted by atomic mass is 16.5. The van der Waals surface area contributed by atoms with Crippen LogP contribution < -0.4 is 4.74 Å². The smallest absolute Gasteiger partial charge is 0.210 e. The Hall–Kier alpha value is -1.83. The van der Waals surface area contributed by atoms with Crippen LogP contribution in [0.15, 0.2) is 36.4 Å². The number of ketones is 1. The van der Waals surface area contributed by atoms with Crippen LogP contribution in [0.4, 0.5) is 0 Å². The van der Waals surface area contributed by atoms with Crippen molar-refractivity contribution in [3.63, 3.8) is 0 Å². The minimum atomic E-state index is -0.473. The third-order valence-electron chi connectivity index (χ3n) is 3.52. The number of rotatable bonds is 0. The number of Topliss-reactive ketones (excluding diaryl/α,β-unsaturated/α-hetero) is 1. The van der Waals surface area contributed by atoms with Crippen LogP contribution in [-0.2, 0) is 0 Å². The molecule has 0 saturated heterocycles. The first kappa shape index (κ1) is 8.34. The molecule has 0 atom stereocenters. The van der Waals surface area contributed by atoms with Crippen molar-refractivity contribution in [2.24, 2.45) is 0 Å². The normalized spacial score (nSPS) is 19.9. The molecule has 16 heavy (non-hydrogen) atoms. The van der Waals surface area contributed by atoms with Crippen LogP contribution in [0, 0.1) is 0 Å². The molecule has 1 aliphatic carbocycles. The molecule has 0 N–H and O–H groups in total. The van der Waals surface area contributed by atoms with Gasteiger partial charge in [0.1, 0.15) is 5.75 Å². The Kier molecular flexibility index (Phi) is 1.28. The molecule has 0 amide bonds. The number of ether oxygens (including phenoxy) is 1. The van der Waals surface area contributed by atoms with Crippen LogP contribution in [0.25, 0.3) is 10.8 Å². The van der Waals surface area contributed by atoms with Crippen LogP contribution in [0.3, 0.4) is 0 Å². The van der Waals surface area contributed by atoms with Gasteiger partial charge in [0.05, 0.1) is 5.56 Å². The van der Waals surface area contributed by atoms with Gasteiger partial charge in [-0.1, -0.05) is 24.3 Å². The second-order valence-electron chi connectivity index (χ2n) is 4.62. The van der Waals surface area contributed by atoms with Crippen LogP contribution in [-0.4, -0.2) is 11.4 Å². The minimum absolute atomic E-state index is 0.174. The summed E-state index contributed by atoms with van der Waals surface area (Å²) in [6.07, 6.45) is 1.74.